The van der Waals surface area contributed by atoms with Crippen molar-refractivity contribution in [2.45, 2.75) is 20.0 Å². The van der Waals surface area contributed by atoms with Gasteiger partial charge in [-0.15, -0.1) is 0 Å². The number of hydrogen-bond acceptors (Lipinski definition) is 3. The van der Waals surface area contributed by atoms with Crippen molar-refractivity contribution in [2.24, 2.45) is 5.92 Å². The van der Waals surface area contributed by atoms with Crippen molar-refractivity contribution >= 4 is 5.97 Å². The highest BCUT2D eigenvalue weighted by molar-refractivity contribution is 5.73. The van der Waals surface area contributed by atoms with Crippen LogP contribution in [0.4, 0.5) is 0 Å². The predicted molar refractivity (Wildman–Crippen MR) is 42.0 cm³/mol. The topological polar surface area (TPSA) is 46.5 Å². The Balaban J connectivity index is 4.12. The second-order valence-electron chi connectivity index (χ2n) is 2.60. The summed E-state index contributed by atoms with van der Waals surface area (Å²) in [5.41, 5.74) is 0.572. The van der Waals surface area contributed by atoms with Gasteiger partial charge in [-0.2, -0.15) is 0 Å². The SMILES string of the molecule is C=C(C)[C@H](O)[C@H](C)C(=O)OC. The van der Waals surface area contributed by atoms with Gasteiger partial charge in [-0.05, 0) is 13.8 Å². The molecular formula is C8H14O3. The zero-order chi connectivity index (χ0) is 9.02. The summed E-state index contributed by atoms with van der Waals surface area (Å²) >= 11 is 0. The van der Waals surface area contributed by atoms with Gasteiger partial charge in [0.1, 0.15) is 0 Å². The molecule has 0 rings (SSSR count). The lowest BCUT2D eigenvalue weighted by atomic mass is 10.00. The third kappa shape index (κ3) is 2.72. The first-order valence-corrected chi connectivity index (χ1v) is 3.42. The quantitative estimate of drug-likeness (QED) is 0.486. The maximum Gasteiger partial charge on any atom is 0.311 e. The monoisotopic (exact) mass is 158 g/mol. The summed E-state index contributed by atoms with van der Waals surface area (Å²) < 4.78 is 4.44. The van der Waals surface area contributed by atoms with E-state index in [4.69, 9.17) is 0 Å². The number of esters is 1. The Hall–Kier alpha value is -0.830. The molecule has 2 atom stereocenters. The minimum absolute atomic E-state index is 0.416. The number of carbonyl (C=O) groups excluding carboxylic acids is 1. The van der Waals surface area contributed by atoms with E-state index in [1.807, 2.05) is 0 Å². The van der Waals surface area contributed by atoms with Crippen LogP contribution >= 0.6 is 0 Å². The molecule has 0 spiro atoms. The van der Waals surface area contributed by atoms with Gasteiger partial charge < -0.3 is 9.84 Å². The van der Waals surface area contributed by atoms with Crippen molar-refractivity contribution in [1.82, 2.24) is 0 Å². The maximum absolute atomic E-state index is 10.8. The van der Waals surface area contributed by atoms with Crippen LogP contribution in [0.5, 0.6) is 0 Å². The summed E-state index contributed by atoms with van der Waals surface area (Å²) in [5.74, 6) is -0.946. The second kappa shape index (κ2) is 4.13. The standard InChI is InChI=1S/C8H14O3/c1-5(2)7(9)6(3)8(10)11-4/h6-7,9H,1H2,2-4H3/t6-,7-/m0/s1. The Morgan fingerprint density at radius 3 is 2.36 bits per heavy atom. The summed E-state index contributed by atoms with van der Waals surface area (Å²) in [7, 11) is 1.30. The molecule has 0 radical (unpaired) electrons. The van der Waals surface area contributed by atoms with Crippen molar-refractivity contribution in [1.29, 1.82) is 0 Å². The van der Waals surface area contributed by atoms with Gasteiger partial charge in [0.25, 0.3) is 0 Å². The van der Waals surface area contributed by atoms with Crippen molar-refractivity contribution in [3.8, 4) is 0 Å². The lowest BCUT2D eigenvalue weighted by molar-refractivity contribution is -0.147. The molecule has 0 aliphatic rings. The highest BCUT2D eigenvalue weighted by Crippen LogP contribution is 2.11. The van der Waals surface area contributed by atoms with Gasteiger partial charge in [-0.3, -0.25) is 4.79 Å². The number of aliphatic hydroxyl groups excluding tert-OH is 1. The lowest BCUT2D eigenvalue weighted by Crippen LogP contribution is -2.27. The van der Waals surface area contributed by atoms with Crippen molar-refractivity contribution in [3.63, 3.8) is 0 Å². The Morgan fingerprint density at radius 2 is 2.09 bits per heavy atom. The maximum atomic E-state index is 10.8. The van der Waals surface area contributed by atoms with E-state index >= 15 is 0 Å². The third-order valence-electron chi connectivity index (χ3n) is 1.55. The van der Waals surface area contributed by atoms with E-state index < -0.39 is 18.0 Å². The van der Waals surface area contributed by atoms with Crippen LogP contribution in [0.1, 0.15) is 13.8 Å². The van der Waals surface area contributed by atoms with Crippen LogP contribution < -0.4 is 0 Å². The fourth-order valence-electron chi connectivity index (χ4n) is 0.742. The summed E-state index contributed by atoms with van der Waals surface area (Å²) in [5, 5.41) is 9.30. The van der Waals surface area contributed by atoms with Gasteiger partial charge >= 0.3 is 5.97 Å². The molecule has 0 saturated carbocycles. The molecule has 0 aliphatic heterocycles. The van der Waals surface area contributed by atoms with Crippen LogP contribution in [0.3, 0.4) is 0 Å². The normalized spacial score (nSPS) is 15.3. The van der Waals surface area contributed by atoms with E-state index in [0.717, 1.165) is 0 Å². The second-order valence-corrected chi connectivity index (χ2v) is 2.60. The molecular weight excluding hydrogens is 144 g/mol. The number of ether oxygens (including phenoxy) is 1. The predicted octanol–water partition coefficient (Wildman–Crippen LogP) is 0.732. The van der Waals surface area contributed by atoms with Crippen molar-refractivity contribution in [3.05, 3.63) is 12.2 Å². The lowest BCUT2D eigenvalue weighted by Gasteiger charge is -2.15. The highest BCUT2D eigenvalue weighted by Gasteiger charge is 2.22. The first-order valence-electron chi connectivity index (χ1n) is 3.42. The van der Waals surface area contributed by atoms with E-state index in [0.29, 0.717) is 5.57 Å². The number of rotatable bonds is 3. The fraction of sp³-hybridized carbons (Fsp3) is 0.625. The van der Waals surface area contributed by atoms with E-state index in [1.165, 1.54) is 7.11 Å². The molecule has 0 unspecified atom stereocenters. The average Bonchev–Trinajstić information content (AvgIpc) is 2.00. The molecule has 0 fully saturated rings. The van der Waals surface area contributed by atoms with Gasteiger partial charge in [-0.25, -0.2) is 0 Å². The average molecular weight is 158 g/mol. The first kappa shape index (κ1) is 10.2. The molecule has 3 heteroatoms. The molecule has 0 aliphatic carbocycles. The Labute approximate surface area is 66.7 Å². The fourth-order valence-corrected chi connectivity index (χ4v) is 0.742. The van der Waals surface area contributed by atoms with Crippen molar-refractivity contribution < 1.29 is 14.6 Å². The number of methoxy groups -OCH3 is 1. The van der Waals surface area contributed by atoms with E-state index in [2.05, 4.69) is 11.3 Å². The largest absolute Gasteiger partial charge is 0.469 e. The molecule has 0 aromatic carbocycles. The number of aliphatic hydroxyl groups is 1. The molecule has 0 bridgehead atoms. The Morgan fingerprint density at radius 1 is 1.64 bits per heavy atom. The molecule has 0 amide bonds. The van der Waals surface area contributed by atoms with Crippen LogP contribution in [0, 0.1) is 5.92 Å². The summed E-state index contributed by atoms with van der Waals surface area (Å²) in [4.78, 5) is 10.8. The zero-order valence-electron chi connectivity index (χ0n) is 7.13. The van der Waals surface area contributed by atoms with Gasteiger partial charge in [-0.1, -0.05) is 12.2 Å². The summed E-state index contributed by atoms with van der Waals surface area (Å²) in [6, 6.07) is 0. The Bertz CT molecular complexity index is 163. The number of carbonyl (C=O) groups is 1. The minimum Gasteiger partial charge on any atom is -0.469 e. The zero-order valence-corrected chi connectivity index (χ0v) is 7.13. The first-order chi connectivity index (χ1) is 5.00. The van der Waals surface area contributed by atoms with Crippen LogP contribution in [-0.4, -0.2) is 24.3 Å². The molecule has 0 aromatic rings. The van der Waals surface area contributed by atoms with Gasteiger partial charge in [0.05, 0.1) is 19.1 Å². The number of hydrogen-bond donors (Lipinski definition) is 1. The molecule has 1 N–H and O–H groups in total. The van der Waals surface area contributed by atoms with Crippen LogP contribution in [-0.2, 0) is 9.53 Å². The molecule has 3 nitrogen and oxygen atoms in total. The smallest absolute Gasteiger partial charge is 0.311 e. The molecule has 64 valence electrons. The summed E-state index contributed by atoms with van der Waals surface area (Å²) in [6.45, 7) is 6.81. The Kier molecular flexibility index (Phi) is 3.82. The van der Waals surface area contributed by atoms with Gasteiger partial charge in [0.2, 0.25) is 0 Å². The summed E-state index contributed by atoms with van der Waals surface area (Å²) in [6.07, 6.45) is -0.803. The van der Waals surface area contributed by atoms with Crippen LogP contribution in [0.2, 0.25) is 0 Å². The van der Waals surface area contributed by atoms with Crippen LogP contribution in [0.25, 0.3) is 0 Å². The van der Waals surface area contributed by atoms with Crippen LogP contribution in [0.15, 0.2) is 12.2 Å². The highest BCUT2D eigenvalue weighted by atomic mass is 16.5. The van der Waals surface area contributed by atoms with E-state index in [1.54, 1.807) is 13.8 Å². The molecule has 0 saturated heterocycles. The molecule has 11 heavy (non-hydrogen) atoms. The molecule has 0 aromatic heterocycles. The molecule has 0 heterocycles. The third-order valence-corrected chi connectivity index (χ3v) is 1.55. The van der Waals surface area contributed by atoms with E-state index in [-0.39, 0.29) is 0 Å². The van der Waals surface area contributed by atoms with Gasteiger partial charge in [0.15, 0.2) is 0 Å². The van der Waals surface area contributed by atoms with Crippen molar-refractivity contribution in [2.75, 3.05) is 7.11 Å². The van der Waals surface area contributed by atoms with Gasteiger partial charge in [0, 0.05) is 0 Å². The minimum atomic E-state index is -0.803. The van der Waals surface area contributed by atoms with E-state index in [9.17, 15) is 9.90 Å².